The van der Waals surface area contributed by atoms with E-state index in [1.165, 1.54) is 6.92 Å². The lowest BCUT2D eigenvalue weighted by molar-refractivity contribution is -0.138. The van der Waals surface area contributed by atoms with Gasteiger partial charge in [0.25, 0.3) is 5.91 Å². The number of rotatable bonds is 3. The fraction of sp³-hybridized carbons (Fsp3) is 0.429. The molecule has 98 valence electrons. The summed E-state index contributed by atoms with van der Waals surface area (Å²) in [5, 5.41) is 11.3. The number of nitrogens with one attached hydrogen (secondary N) is 1. The Morgan fingerprint density at radius 3 is 2.28 bits per heavy atom. The Balaban J connectivity index is 3.03. The molecule has 2 N–H and O–H groups in total. The molecule has 0 bridgehead atoms. The van der Waals surface area contributed by atoms with Crippen LogP contribution in [0.3, 0.4) is 0 Å². The molecule has 0 radical (unpaired) electrons. The van der Waals surface area contributed by atoms with Gasteiger partial charge >= 0.3 is 5.97 Å². The molecule has 0 spiro atoms. The van der Waals surface area contributed by atoms with E-state index < -0.39 is 12.0 Å². The Labute approximate surface area is 107 Å². The first-order chi connectivity index (χ1) is 8.23. The van der Waals surface area contributed by atoms with Gasteiger partial charge in [-0.1, -0.05) is 39.0 Å². The van der Waals surface area contributed by atoms with Gasteiger partial charge in [-0.25, -0.2) is 0 Å². The third-order valence-electron chi connectivity index (χ3n) is 2.70. The van der Waals surface area contributed by atoms with E-state index in [2.05, 4.69) is 5.32 Å². The van der Waals surface area contributed by atoms with Gasteiger partial charge in [0.05, 0.1) is 0 Å². The van der Waals surface area contributed by atoms with Gasteiger partial charge in [-0.2, -0.15) is 0 Å². The van der Waals surface area contributed by atoms with Gasteiger partial charge in [0.2, 0.25) is 0 Å². The number of amides is 1. The normalized spacial score (nSPS) is 12.9. The first-order valence-corrected chi connectivity index (χ1v) is 5.86. The third-order valence-corrected chi connectivity index (χ3v) is 2.70. The Bertz CT molecular complexity index is 460. The van der Waals surface area contributed by atoms with Crippen molar-refractivity contribution in [2.45, 2.75) is 39.2 Å². The van der Waals surface area contributed by atoms with Crippen molar-refractivity contribution in [3.05, 3.63) is 35.4 Å². The molecular formula is C14H19NO3. The highest BCUT2D eigenvalue weighted by molar-refractivity contribution is 5.98. The molecule has 0 aliphatic heterocycles. The van der Waals surface area contributed by atoms with E-state index in [4.69, 9.17) is 5.11 Å². The van der Waals surface area contributed by atoms with Crippen LogP contribution in [0.15, 0.2) is 24.3 Å². The largest absolute Gasteiger partial charge is 0.480 e. The molecule has 0 saturated heterocycles. The maximum atomic E-state index is 12.1. The van der Waals surface area contributed by atoms with Crippen molar-refractivity contribution in [1.82, 2.24) is 5.32 Å². The number of hydrogen-bond donors (Lipinski definition) is 2. The maximum absolute atomic E-state index is 12.1. The molecule has 18 heavy (non-hydrogen) atoms. The summed E-state index contributed by atoms with van der Waals surface area (Å²) in [4.78, 5) is 22.8. The van der Waals surface area contributed by atoms with Gasteiger partial charge < -0.3 is 10.4 Å². The van der Waals surface area contributed by atoms with Gasteiger partial charge in [-0.05, 0) is 24.0 Å². The summed E-state index contributed by atoms with van der Waals surface area (Å²) in [7, 11) is 0. The topological polar surface area (TPSA) is 66.4 Å². The van der Waals surface area contributed by atoms with Crippen LogP contribution in [0, 0.1) is 0 Å². The molecule has 0 aliphatic carbocycles. The molecule has 0 saturated carbocycles. The van der Waals surface area contributed by atoms with E-state index >= 15 is 0 Å². The van der Waals surface area contributed by atoms with Crippen molar-refractivity contribution in [2.24, 2.45) is 0 Å². The quantitative estimate of drug-likeness (QED) is 0.863. The summed E-state index contributed by atoms with van der Waals surface area (Å²) < 4.78 is 0. The minimum atomic E-state index is -1.04. The summed E-state index contributed by atoms with van der Waals surface area (Å²) >= 11 is 0. The molecule has 4 nitrogen and oxygen atoms in total. The van der Waals surface area contributed by atoms with Crippen molar-refractivity contribution < 1.29 is 14.7 Å². The van der Waals surface area contributed by atoms with E-state index in [1.54, 1.807) is 12.1 Å². The number of carboxylic acids is 1. The lowest BCUT2D eigenvalue weighted by Gasteiger charge is -2.22. The molecule has 1 amide bonds. The Morgan fingerprint density at radius 1 is 1.22 bits per heavy atom. The zero-order valence-electron chi connectivity index (χ0n) is 11.2. The molecule has 1 aromatic rings. The molecule has 0 fully saturated rings. The van der Waals surface area contributed by atoms with Crippen LogP contribution in [0.5, 0.6) is 0 Å². The molecule has 1 aromatic carbocycles. The van der Waals surface area contributed by atoms with E-state index in [0.717, 1.165) is 5.56 Å². The predicted octanol–water partition coefficient (Wildman–Crippen LogP) is 2.19. The van der Waals surface area contributed by atoms with Crippen molar-refractivity contribution in [3.63, 3.8) is 0 Å². The average Bonchev–Trinajstić information content (AvgIpc) is 2.27. The number of carbonyl (C=O) groups is 2. The van der Waals surface area contributed by atoms with Gasteiger partial charge in [0.1, 0.15) is 6.04 Å². The summed E-state index contributed by atoms with van der Waals surface area (Å²) in [6, 6.07) is 6.35. The average molecular weight is 249 g/mol. The number of carboxylic acid groups (broad SMARTS) is 1. The highest BCUT2D eigenvalue weighted by atomic mass is 16.4. The summed E-state index contributed by atoms with van der Waals surface area (Å²) in [5.41, 5.74) is 1.26. The van der Waals surface area contributed by atoms with E-state index in [1.807, 2.05) is 32.9 Å². The molecule has 4 heteroatoms. The van der Waals surface area contributed by atoms with Crippen LogP contribution in [-0.2, 0) is 10.2 Å². The van der Waals surface area contributed by atoms with Gasteiger partial charge in [-0.3, -0.25) is 9.59 Å². The summed E-state index contributed by atoms with van der Waals surface area (Å²) in [6.07, 6.45) is 0. The van der Waals surface area contributed by atoms with E-state index in [-0.39, 0.29) is 11.3 Å². The van der Waals surface area contributed by atoms with E-state index in [9.17, 15) is 9.59 Å². The highest BCUT2D eigenvalue weighted by Crippen LogP contribution is 2.25. The zero-order valence-corrected chi connectivity index (χ0v) is 11.2. The van der Waals surface area contributed by atoms with Crippen LogP contribution in [-0.4, -0.2) is 23.0 Å². The molecule has 1 atom stereocenters. The second kappa shape index (κ2) is 5.21. The van der Waals surface area contributed by atoms with Gasteiger partial charge in [0, 0.05) is 5.56 Å². The second-order valence-electron chi connectivity index (χ2n) is 5.33. The van der Waals surface area contributed by atoms with Crippen LogP contribution in [0.25, 0.3) is 0 Å². The molecule has 0 aliphatic rings. The maximum Gasteiger partial charge on any atom is 0.325 e. The number of carbonyl (C=O) groups excluding carboxylic acids is 1. The lowest BCUT2D eigenvalue weighted by atomic mass is 9.83. The Hall–Kier alpha value is -1.84. The third kappa shape index (κ3) is 3.32. The van der Waals surface area contributed by atoms with Crippen LogP contribution in [0.4, 0.5) is 0 Å². The van der Waals surface area contributed by atoms with Crippen molar-refractivity contribution in [2.75, 3.05) is 0 Å². The summed E-state index contributed by atoms with van der Waals surface area (Å²) in [6.45, 7) is 7.49. The minimum absolute atomic E-state index is 0.166. The number of benzene rings is 1. The smallest absolute Gasteiger partial charge is 0.325 e. The monoisotopic (exact) mass is 249 g/mol. The van der Waals surface area contributed by atoms with E-state index in [0.29, 0.717) is 5.56 Å². The molecular weight excluding hydrogens is 230 g/mol. The number of hydrogen-bond acceptors (Lipinski definition) is 2. The van der Waals surface area contributed by atoms with Gasteiger partial charge in [0.15, 0.2) is 0 Å². The summed E-state index contributed by atoms with van der Waals surface area (Å²) in [5.74, 6) is -1.40. The predicted molar refractivity (Wildman–Crippen MR) is 69.7 cm³/mol. The standard InChI is InChI=1S/C14H19NO3/c1-9(13(17)18)15-12(16)10-7-5-6-8-11(10)14(2,3)4/h5-9H,1-4H3,(H,15,16)(H,17,18)/t9-/m0/s1. The van der Waals surface area contributed by atoms with Crippen molar-refractivity contribution in [3.8, 4) is 0 Å². The zero-order chi connectivity index (χ0) is 13.9. The molecule has 0 heterocycles. The first-order valence-electron chi connectivity index (χ1n) is 5.86. The fourth-order valence-corrected chi connectivity index (χ4v) is 1.67. The molecule has 0 unspecified atom stereocenters. The van der Waals surface area contributed by atoms with Crippen LogP contribution in [0.2, 0.25) is 0 Å². The van der Waals surface area contributed by atoms with Crippen LogP contribution in [0.1, 0.15) is 43.6 Å². The Morgan fingerprint density at radius 2 is 1.78 bits per heavy atom. The first kappa shape index (κ1) is 14.2. The Kier molecular flexibility index (Phi) is 4.11. The SMILES string of the molecule is C[C@H](NC(=O)c1ccccc1C(C)(C)C)C(=O)O. The molecule has 0 aromatic heterocycles. The van der Waals surface area contributed by atoms with Crippen molar-refractivity contribution >= 4 is 11.9 Å². The highest BCUT2D eigenvalue weighted by Gasteiger charge is 2.23. The minimum Gasteiger partial charge on any atom is -0.480 e. The lowest BCUT2D eigenvalue weighted by Crippen LogP contribution is -2.39. The van der Waals surface area contributed by atoms with Crippen LogP contribution >= 0.6 is 0 Å². The fourth-order valence-electron chi connectivity index (χ4n) is 1.67. The van der Waals surface area contributed by atoms with Gasteiger partial charge in [-0.15, -0.1) is 0 Å². The number of aliphatic carboxylic acids is 1. The second-order valence-corrected chi connectivity index (χ2v) is 5.33. The van der Waals surface area contributed by atoms with Crippen molar-refractivity contribution in [1.29, 1.82) is 0 Å². The van der Waals surface area contributed by atoms with Crippen LogP contribution < -0.4 is 5.32 Å². The molecule has 1 rings (SSSR count).